The van der Waals surface area contributed by atoms with Gasteiger partial charge in [-0.2, -0.15) is 28.6 Å². The molecule has 10 heteroatoms. The molecule has 2 aromatic carbocycles. The van der Waals surface area contributed by atoms with Crippen molar-refractivity contribution < 1.29 is 22.8 Å². The van der Waals surface area contributed by atoms with Crippen molar-refractivity contribution in [2.75, 3.05) is 13.1 Å². The molecule has 3 aromatic rings. The Balaban J connectivity index is 1.00. The first-order chi connectivity index (χ1) is 19.2. The molecule has 1 aliphatic heterocycles. The number of carbonyl (C=O) groups is 2. The number of hydrogen-bond donors (Lipinski definition) is 2. The van der Waals surface area contributed by atoms with Crippen LogP contribution in [0.2, 0.25) is 0 Å². The summed E-state index contributed by atoms with van der Waals surface area (Å²) < 4.78 is 38.2. The standard InChI is InChI=1S/C30H36F3N5O2/c31-30(32,33)24-10-6-20(7-11-24)8-13-28(39)38-16-14-21(15-17-38)4-5-22-2-1-3-25(18-22)34-29(40)23-9-12-26-27(19-23)36-37-35-26/h6-7,9-12,19,21-22,25H,1-5,8,13-18H2,(H,34,40)(H,35,36,37). The fourth-order valence-corrected chi connectivity index (χ4v) is 6.15. The molecule has 0 radical (unpaired) electrons. The van der Waals surface area contributed by atoms with Crippen molar-refractivity contribution in [2.24, 2.45) is 11.8 Å². The molecule has 214 valence electrons. The van der Waals surface area contributed by atoms with Gasteiger partial charge in [0, 0.05) is 31.1 Å². The summed E-state index contributed by atoms with van der Waals surface area (Å²) in [5.74, 6) is 1.21. The van der Waals surface area contributed by atoms with Crippen LogP contribution in [0.25, 0.3) is 11.0 Å². The zero-order valence-electron chi connectivity index (χ0n) is 22.6. The third kappa shape index (κ3) is 7.20. The molecular formula is C30H36F3N5O2. The van der Waals surface area contributed by atoms with Gasteiger partial charge in [0.25, 0.3) is 5.91 Å². The minimum absolute atomic E-state index is 0.0640. The lowest BCUT2D eigenvalue weighted by atomic mass is 9.80. The van der Waals surface area contributed by atoms with E-state index in [1.54, 1.807) is 18.2 Å². The molecule has 2 heterocycles. The van der Waals surface area contributed by atoms with Gasteiger partial charge in [0.2, 0.25) is 5.91 Å². The van der Waals surface area contributed by atoms with Crippen LogP contribution < -0.4 is 5.32 Å². The first-order valence-electron chi connectivity index (χ1n) is 14.3. The maximum atomic E-state index is 12.8. The number of halogens is 3. The summed E-state index contributed by atoms with van der Waals surface area (Å²) in [6.07, 6.45) is 4.99. The van der Waals surface area contributed by atoms with Crippen molar-refractivity contribution in [3.63, 3.8) is 0 Å². The fourth-order valence-electron chi connectivity index (χ4n) is 6.15. The van der Waals surface area contributed by atoms with E-state index >= 15 is 0 Å². The minimum atomic E-state index is -4.34. The highest BCUT2D eigenvalue weighted by Gasteiger charge is 2.30. The molecule has 2 N–H and O–H groups in total. The number of H-pyrrole nitrogens is 1. The van der Waals surface area contributed by atoms with Crippen LogP contribution in [-0.2, 0) is 17.4 Å². The van der Waals surface area contributed by atoms with Gasteiger partial charge in [0.1, 0.15) is 11.0 Å². The lowest BCUT2D eigenvalue weighted by Crippen LogP contribution is -2.39. The number of hydrogen-bond acceptors (Lipinski definition) is 4. The topological polar surface area (TPSA) is 91.0 Å². The molecule has 0 spiro atoms. The van der Waals surface area contributed by atoms with Crippen molar-refractivity contribution in [3.05, 3.63) is 59.2 Å². The van der Waals surface area contributed by atoms with Gasteiger partial charge < -0.3 is 10.2 Å². The highest BCUT2D eigenvalue weighted by atomic mass is 19.4. The zero-order valence-corrected chi connectivity index (χ0v) is 22.6. The first kappa shape index (κ1) is 28.1. The second kappa shape index (κ2) is 12.4. The highest BCUT2D eigenvalue weighted by Crippen LogP contribution is 2.32. The SMILES string of the molecule is O=C(NC1CCCC(CCC2CCN(C(=O)CCc3ccc(C(F)(F)F)cc3)CC2)C1)c1ccc2n[nH]nc2c1. The summed E-state index contributed by atoms with van der Waals surface area (Å²) in [5.41, 5.74) is 2.10. The molecule has 5 rings (SSSR count). The van der Waals surface area contributed by atoms with E-state index in [9.17, 15) is 22.8 Å². The summed E-state index contributed by atoms with van der Waals surface area (Å²) in [6.45, 7) is 1.49. The van der Waals surface area contributed by atoms with Gasteiger partial charge >= 0.3 is 6.18 Å². The molecule has 2 amide bonds. The van der Waals surface area contributed by atoms with Gasteiger partial charge in [-0.15, -0.1) is 0 Å². The van der Waals surface area contributed by atoms with Gasteiger partial charge in [-0.1, -0.05) is 37.8 Å². The van der Waals surface area contributed by atoms with Crippen molar-refractivity contribution in [1.29, 1.82) is 0 Å². The van der Waals surface area contributed by atoms with Crippen molar-refractivity contribution in [3.8, 4) is 0 Å². The second-order valence-electron chi connectivity index (χ2n) is 11.3. The Morgan fingerprint density at radius 1 is 0.925 bits per heavy atom. The molecule has 40 heavy (non-hydrogen) atoms. The van der Waals surface area contributed by atoms with Crippen LogP contribution in [0.3, 0.4) is 0 Å². The molecule has 2 aliphatic rings. The normalized spacial score (nSPS) is 20.5. The van der Waals surface area contributed by atoms with Crippen LogP contribution in [0.15, 0.2) is 42.5 Å². The Bertz CT molecular complexity index is 1300. The average molecular weight is 556 g/mol. The van der Waals surface area contributed by atoms with Crippen molar-refractivity contribution in [1.82, 2.24) is 25.6 Å². The average Bonchev–Trinajstić information content (AvgIpc) is 3.43. The third-order valence-electron chi connectivity index (χ3n) is 8.56. The Hall–Kier alpha value is -3.43. The van der Waals surface area contributed by atoms with E-state index in [2.05, 4.69) is 20.7 Å². The number of carbonyl (C=O) groups excluding carboxylic acids is 2. The number of piperidine rings is 1. The van der Waals surface area contributed by atoms with Crippen LogP contribution in [-0.4, -0.2) is 51.3 Å². The zero-order chi connectivity index (χ0) is 28.1. The summed E-state index contributed by atoms with van der Waals surface area (Å²) in [6, 6.07) is 10.6. The number of benzene rings is 2. The van der Waals surface area contributed by atoms with E-state index in [0.29, 0.717) is 35.8 Å². The Kier molecular flexibility index (Phi) is 8.71. The molecule has 2 fully saturated rings. The van der Waals surface area contributed by atoms with Crippen LogP contribution in [0.4, 0.5) is 13.2 Å². The molecule has 2 atom stereocenters. The summed E-state index contributed by atoms with van der Waals surface area (Å²) in [7, 11) is 0. The second-order valence-corrected chi connectivity index (χ2v) is 11.3. The van der Waals surface area contributed by atoms with E-state index < -0.39 is 11.7 Å². The summed E-state index contributed by atoms with van der Waals surface area (Å²) >= 11 is 0. The van der Waals surface area contributed by atoms with E-state index in [0.717, 1.165) is 81.2 Å². The monoisotopic (exact) mass is 555 g/mol. The number of nitrogens with zero attached hydrogens (tertiary/aromatic N) is 3. The Morgan fingerprint density at radius 2 is 1.65 bits per heavy atom. The predicted octanol–water partition coefficient (Wildman–Crippen LogP) is 5.92. The van der Waals surface area contributed by atoms with Crippen molar-refractivity contribution in [2.45, 2.75) is 76.4 Å². The molecule has 1 saturated carbocycles. The van der Waals surface area contributed by atoms with Gasteiger partial charge in [-0.3, -0.25) is 9.59 Å². The van der Waals surface area contributed by atoms with Crippen LogP contribution in [0.1, 0.15) is 79.3 Å². The van der Waals surface area contributed by atoms with Gasteiger partial charge in [0.05, 0.1) is 5.56 Å². The van der Waals surface area contributed by atoms with E-state index in [1.807, 2.05) is 4.90 Å². The lowest BCUT2D eigenvalue weighted by molar-refractivity contribution is -0.137. The number of fused-ring (bicyclic) bond motifs is 1. The van der Waals surface area contributed by atoms with Gasteiger partial charge in [-0.05, 0) is 79.8 Å². The lowest BCUT2D eigenvalue weighted by Gasteiger charge is -2.34. The predicted molar refractivity (Wildman–Crippen MR) is 145 cm³/mol. The van der Waals surface area contributed by atoms with Crippen molar-refractivity contribution >= 4 is 22.8 Å². The number of amides is 2. The summed E-state index contributed by atoms with van der Waals surface area (Å²) in [5, 5.41) is 13.9. The molecule has 1 aromatic heterocycles. The molecule has 7 nitrogen and oxygen atoms in total. The maximum absolute atomic E-state index is 12.8. The summed E-state index contributed by atoms with van der Waals surface area (Å²) in [4.78, 5) is 27.4. The number of rotatable bonds is 8. The molecule has 1 aliphatic carbocycles. The number of aromatic amines is 1. The van der Waals surface area contributed by atoms with E-state index in [-0.39, 0.29) is 17.9 Å². The molecule has 2 unspecified atom stereocenters. The van der Waals surface area contributed by atoms with Gasteiger partial charge in [0.15, 0.2) is 0 Å². The van der Waals surface area contributed by atoms with Crippen LogP contribution in [0.5, 0.6) is 0 Å². The highest BCUT2D eigenvalue weighted by molar-refractivity contribution is 5.97. The van der Waals surface area contributed by atoms with E-state index in [1.165, 1.54) is 18.6 Å². The van der Waals surface area contributed by atoms with Crippen LogP contribution in [0, 0.1) is 11.8 Å². The van der Waals surface area contributed by atoms with Gasteiger partial charge in [-0.25, -0.2) is 0 Å². The molecule has 1 saturated heterocycles. The smallest absolute Gasteiger partial charge is 0.349 e. The minimum Gasteiger partial charge on any atom is -0.349 e. The molecule has 0 bridgehead atoms. The number of nitrogens with one attached hydrogen (secondary N) is 2. The largest absolute Gasteiger partial charge is 0.416 e. The molecular weight excluding hydrogens is 519 g/mol. The number of likely N-dealkylation sites (tertiary alicyclic amines) is 1. The number of aryl methyl sites for hydroxylation is 1. The Labute approximate surface area is 231 Å². The first-order valence-corrected chi connectivity index (χ1v) is 14.3. The van der Waals surface area contributed by atoms with E-state index in [4.69, 9.17) is 0 Å². The fraction of sp³-hybridized carbons (Fsp3) is 0.533. The quantitative estimate of drug-likeness (QED) is 0.361. The van der Waals surface area contributed by atoms with Crippen LogP contribution >= 0.6 is 0 Å². The number of aromatic nitrogens is 3. The number of alkyl halides is 3. The maximum Gasteiger partial charge on any atom is 0.416 e. The Morgan fingerprint density at radius 3 is 2.40 bits per heavy atom. The third-order valence-corrected chi connectivity index (χ3v) is 8.56.